The third kappa shape index (κ3) is 2.60. The highest BCUT2D eigenvalue weighted by molar-refractivity contribution is 5.94. The van der Waals surface area contributed by atoms with Gasteiger partial charge in [0, 0.05) is 12.0 Å². The Bertz CT molecular complexity index is 733. The number of carbonyl (C=O) groups is 2. The number of amides is 1. The van der Waals surface area contributed by atoms with Gasteiger partial charge in [-0.15, -0.1) is 0 Å². The molecule has 5 atom stereocenters. The van der Waals surface area contributed by atoms with E-state index in [0.717, 1.165) is 0 Å². The predicted molar refractivity (Wildman–Crippen MR) is 91.6 cm³/mol. The van der Waals surface area contributed by atoms with E-state index in [0.29, 0.717) is 5.56 Å². The Morgan fingerprint density at radius 1 is 1.46 bits per heavy atom. The second kappa shape index (κ2) is 6.14. The van der Waals surface area contributed by atoms with Crippen molar-refractivity contribution in [2.24, 2.45) is 11.7 Å². The Kier molecular flexibility index (Phi) is 4.36. The summed E-state index contributed by atoms with van der Waals surface area (Å²) in [5, 5.41) is 23.7. The van der Waals surface area contributed by atoms with Gasteiger partial charge in [-0.05, 0) is 31.9 Å². The molecule has 1 aliphatic carbocycles. The fourth-order valence-corrected chi connectivity index (χ4v) is 4.28. The number of nitrogens with one attached hydrogen (secondary N) is 1. The number of phenols is 1. The summed E-state index contributed by atoms with van der Waals surface area (Å²) in [7, 11) is 0. The molecule has 1 spiro atoms. The molecule has 1 heterocycles. The smallest absolute Gasteiger partial charge is 0.408 e. The fourth-order valence-electron chi connectivity index (χ4n) is 4.28. The summed E-state index contributed by atoms with van der Waals surface area (Å²) in [6.45, 7) is 4.84. The highest BCUT2D eigenvalue weighted by Crippen LogP contribution is 2.47. The largest absolute Gasteiger partial charge is 0.507 e. The van der Waals surface area contributed by atoms with Gasteiger partial charge in [-0.1, -0.05) is 19.1 Å². The van der Waals surface area contributed by atoms with Crippen LogP contribution in [-0.2, 0) is 9.47 Å². The zero-order chi connectivity index (χ0) is 19.3. The van der Waals surface area contributed by atoms with Crippen LogP contribution in [0.15, 0.2) is 18.2 Å². The standard InChI is InChI=1S/C18H24N2O6/c1-9-5-4-6-12(21)14(9)15(22)25-8-17(24)7-13(19)18(10(17)2)11(3)26-16(23)20-18/h4-6,10-11,13,21,24H,7-8,19H2,1-3H3,(H,20,23)/t10-,11+,13+,17+,18+/m1/s1. The maximum Gasteiger partial charge on any atom is 0.408 e. The van der Waals surface area contributed by atoms with Crippen molar-refractivity contribution in [1.82, 2.24) is 5.32 Å². The first-order valence-electron chi connectivity index (χ1n) is 8.54. The minimum Gasteiger partial charge on any atom is -0.507 e. The molecule has 8 nitrogen and oxygen atoms in total. The first kappa shape index (κ1) is 18.5. The van der Waals surface area contributed by atoms with E-state index in [1.54, 1.807) is 32.9 Å². The van der Waals surface area contributed by atoms with Crippen molar-refractivity contribution in [2.75, 3.05) is 6.61 Å². The van der Waals surface area contributed by atoms with Crippen LogP contribution >= 0.6 is 0 Å². The van der Waals surface area contributed by atoms with Crippen molar-refractivity contribution in [3.05, 3.63) is 29.3 Å². The number of aliphatic hydroxyl groups is 1. The number of alkyl carbamates (subject to hydrolysis) is 1. The fraction of sp³-hybridized carbons (Fsp3) is 0.556. The van der Waals surface area contributed by atoms with Crippen LogP contribution in [0.5, 0.6) is 5.75 Å². The van der Waals surface area contributed by atoms with Crippen molar-refractivity contribution < 1.29 is 29.3 Å². The molecule has 1 amide bonds. The average Bonchev–Trinajstić information content (AvgIpc) is 2.95. The summed E-state index contributed by atoms with van der Waals surface area (Å²) in [6, 6.07) is 4.14. The predicted octanol–water partition coefficient (Wildman–Crippen LogP) is 0.823. The van der Waals surface area contributed by atoms with Crippen LogP contribution < -0.4 is 11.1 Å². The maximum atomic E-state index is 12.4. The number of benzene rings is 1. The summed E-state index contributed by atoms with van der Waals surface area (Å²) in [5.41, 5.74) is 4.50. The summed E-state index contributed by atoms with van der Waals surface area (Å²) < 4.78 is 10.5. The number of rotatable bonds is 3. The first-order valence-corrected chi connectivity index (χ1v) is 8.54. The monoisotopic (exact) mass is 364 g/mol. The van der Waals surface area contributed by atoms with Gasteiger partial charge in [0.05, 0.1) is 0 Å². The molecule has 1 saturated carbocycles. The lowest BCUT2D eigenvalue weighted by Crippen LogP contribution is -2.61. The van der Waals surface area contributed by atoms with Gasteiger partial charge in [0.25, 0.3) is 0 Å². The highest BCUT2D eigenvalue weighted by Gasteiger charge is 2.65. The van der Waals surface area contributed by atoms with E-state index < -0.39 is 41.3 Å². The topological polar surface area (TPSA) is 131 Å². The summed E-state index contributed by atoms with van der Waals surface area (Å²) in [4.78, 5) is 24.0. The molecule has 142 valence electrons. The van der Waals surface area contributed by atoms with Crippen molar-refractivity contribution in [3.8, 4) is 5.75 Å². The molecule has 8 heteroatoms. The molecule has 0 aromatic heterocycles. The third-order valence-corrected chi connectivity index (χ3v) is 5.89. The van der Waals surface area contributed by atoms with Crippen molar-refractivity contribution in [2.45, 2.75) is 50.5 Å². The highest BCUT2D eigenvalue weighted by atomic mass is 16.6. The van der Waals surface area contributed by atoms with E-state index in [1.807, 2.05) is 0 Å². The third-order valence-electron chi connectivity index (χ3n) is 5.89. The number of cyclic esters (lactones) is 1. The zero-order valence-electron chi connectivity index (χ0n) is 15.0. The van der Waals surface area contributed by atoms with Crippen molar-refractivity contribution >= 4 is 12.1 Å². The van der Waals surface area contributed by atoms with Gasteiger partial charge in [0.2, 0.25) is 0 Å². The second-order valence-electron chi connectivity index (χ2n) is 7.29. The molecule has 3 rings (SSSR count). The summed E-state index contributed by atoms with van der Waals surface area (Å²) in [5.74, 6) is -1.42. The average molecular weight is 364 g/mol. The number of aromatic hydroxyl groups is 1. The molecular weight excluding hydrogens is 340 g/mol. The molecule has 2 fully saturated rings. The Morgan fingerprint density at radius 3 is 2.73 bits per heavy atom. The molecule has 1 saturated heterocycles. The Morgan fingerprint density at radius 2 is 2.15 bits per heavy atom. The lowest BCUT2D eigenvalue weighted by molar-refractivity contribution is -0.0652. The van der Waals surface area contributed by atoms with Crippen LogP contribution in [0.3, 0.4) is 0 Å². The van der Waals surface area contributed by atoms with Gasteiger partial charge in [-0.3, -0.25) is 0 Å². The quantitative estimate of drug-likeness (QED) is 0.584. The zero-order valence-corrected chi connectivity index (χ0v) is 15.0. The van der Waals surface area contributed by atoms with Gasteiger partial charge in [0.15, 0.2) is 0 Å². The van der Waals surface area contributed by atoms with Gasteiger partial charge in [0.1, 0.15) is 35.2 Å². The van der Waals surface area contributed by atoms with Gasteiger partial charge < -0.3 is 30.7 Å². The minimum absolute atomic E-state index is 0.0617. The summed E-state index contributed by atoms with van der Waals surface area (Å²) >= 11 is 0. The second-order valence-corrected chi connectivity index (χ2v) is 7.29. The number of esters is 1. The molecule has 0 bridgehead atoms. The lowest BCUT2D eigenvalue weighted by atomic mass is 9.78. The number of ether oxygens (including phenoxy) is 2. The van der Waals surface area contributed by atoms with Crippen LogP contribution in [0.25, 0.3) is 0 Å². The Hall–Kier alpha value is -2.32. The van der Waals surface area contributed by atoms with Crippen LogP contribution in [0.1, 0.15) is 36.2 Å². The maximum absolute atomic E-state index is 12.4. The van der Waals surface area contributed by atoms with Crippen molar-refractivity contribution in [1.29, 1.82) is 0 Å². The Balaban J connectivity index is 1.78. The molecule has 0 unspecified atom stereocenters. The normalized spacial score (nSPS) is 36.0. The SMILES string of the molecule is Cc1cccc(O)c1C(=O)OC[C@@]1(O)C[C@H](N)[C@]2(NC(=O)O[C@H]2C)[C@@H]1C. The Labute approximate surface area is 151 Å². The molecule has 0 radical (unpaired) electrons. The van der Waals surface area contributed by atoms with E-state index in [9.17, 15) is 19.8 Å². The van der Waals surface area contributed by atoms with Gasteiger partial charge in [-0.25, -0.2) is 9.59 Å². The molecular formula is C18H24N2O6. The summed E-state index contributed by atoms with van der Waals surface area (Å²) in [6.07, 6.45) is -0.967. The van der Waals surface area contributed by atoms with Gasteiger partial charge in [-0.2, -0.15) is 0 Å². The molecule has 1 aromatic carbocycles. The van der Waals surface area contributed by atoms with Crippen LogP contribution in [-0.4, -0.2) is 52.2 Å². The lowest BCUT2D eigenvalue weighted by Gasteiger charge is -2.37. The number of carbonyl (C=O) groups excluding carboxylic acids is 2. The van der Waals surface area contributed by atoms with Crippen LogP contribution in [0.4, 0.5) is 4.79 Å². The van der Waals surface area contributed by atoms with E-state index in [4.69, 9.17) is 15.2 Å². The molecule has 26 heavy (non-hydrogen) atoms. The van der Waals surface area contributed by atoms with Crippen molar-refractivity contribution in [3.63, 3.8) is 0 Å². The van der Waals surface area contributed by atoms with E-state index in [1.165, 1.54) is 6.07 Å². The number of nitrogens with two attached hydrogens (primary N) is 1. The van der Waals surface area contributed by atoms with E-state index >= 15 is 0 Å². The molecule has 1 aliphatic heterocycles. The number of hydrogen-bond donors (Lipinski definition) is 4. The number of phenolic OH excluding ortho intramolecular Hbond substituents is 1. The van der Waals surface area contributed by atoms with E-state index in [2.05, 4.69) is 5.32 Å². The van der Waals surface area contributed by atoms with Crippen LogP contribution in [0, 0.1) is 12.8 Å². The van der Waals surface area contributed by atoms with Crippen LogP contribution in [0.2, 0.25) is 0 Å². The molecule has 2 aliphatic rings. The number of aryl methyl sites for hydroxylation is 1. The number of hydrogen-bond acceptors (Lipinski definition) is 7. The van der Waals surface area contributed by atoms with E-state index in [-0.39, 0.29) is 24.3 Å². The minimum atomic E-state index is -1.43. The molecule has 5 N–H and O–H groups in total. The van der Waals surface area contributed by atoms with Gasteiger partial charge >= 0.3 is 12.1 Å². The first-order chi connectivity index (χ1) is 12.1. The molecule has 1 aromatic rings.